The zero-order valence-corrected chi connectivity index (χ0v) is 9.84. The van der Waals surface area contributed by atoms with Gasteiger partial charge in [0.15, 0.2) is 0 Å². The van der Waals surface area contributed by atoms with E-state index in [9.17, 15) is 0 Å². The van der Waals surface area contributed by atoms with E-state index < -0.39 is 0 Å². The van der Waals surface area contributed by atoms with Gasteiger partial charge in [-0.3, -0.25) is 0 Å². The number of aryl methyl sites for hydroxylation is 1. The second kappa shape index (κ2) is 3.76. The van der Waals surface area contributed by atoms with Crippen molar-refractivity contribution in [3.63, 3.8) is 0 Å². The zero-order valence-electron chi connectivity index (χ0n) is 9.03. The Morgan fingerprint density at radius 2 is 2.06 bits per heavy atom. The molecule has 2 heterocycles. The van der Waals surface area contributed by atoms with E-state index in [0.29, 0.717) is 0 Å². The first-order valence-corrected chi connectivity index (χ1v) is 6.22. The van der Waals surface area contributed by atoms with Crippen LogP contribution in [0.3, 0.4) is 0 Å². The molecule has 3 aromatic rings. The molecule has 1 N–H and O–H groups in total. The molecular formula is C13H12N2S. The Hall–Kier alpha value is -1.61. The van der Waals surface area contributed by atoms with Crippen LogP contribution >= 0.6 is 11.3 Å². The maximum absolute atomic E-state index is 4.59. The summed E-state index contributed by atoms with van der Waals surface area (Å²) in [6.45, 7) is 2.17. The highest BCUT2D eigenvalue weighted by molar-refractivity contribution is 7.15. The fraction of sp³-hybridized carbons (Fsp3) is 0.154. The van der Waals surface area contributed by atoms with Gasteiger partial charge in [-0.1, -0.05) is 19.1 Å². The maximum atomic E-state index is 4.59. The summed E-state index contributed by atoms with van der Waals surface area (Å²) in [6, 6.07) is 12.4. The highest BCUT2D eigenvalue weighted by atomic mass is 32.1. The Kier molecular flexibility index (Phi) is 2.26. The molecule has 0 unspecified atom stereocenters. The molecule has 0 saturated carbocycles. The lowest BCUT2D eigenvalue weighted by atomic mass is 10.3. The number of para-hydroxylation sites is 2. The van der Waals surface area contributed by atoms with Crippen molar-refractivity contribution in [2.45, 2.75) is 13.3 Å². The van der Waals surface area contributed by atoms with Crippen LogP contribution in [0, 0.1) is 0 Å². The molecule has 16 heavy (non-hydrogen) atoms. The largest absolute Gasteiger partial charge is 0.337 e. The minimum Gasteiger partial charge on any atom is -0.337 e. The van der Waals surface area contributed by atoms with Gasteiger partial charge >= 0.3 is 0 Å². The van der Waals surface area contributed by atoms with Gasteiger partial charge < -0.3 is 4.98 Å². The number of benzene rings is 1. The van der Waals surface area contributed by atoms with Crippen molar-refractivity contribution in [2.75, 3.05) is 0 Å². The van der Waals surface area contributed by atoms with Crippen molar-refractivity contribution < 1.29 is 0 Å². The van der Waals surface area contributed by atoms with Gasteiger partial charge in [-0.25, -0.2) is 4.98 Å². The number of imidazole rings is 1. The summed E-state index contributed by atoms with van der Waals surface area (Å²) >= 11 is 1.81. The van der Waals surface area contributed by atoms with Gasteiger partial charge in [0.2, 0.25) is 0 Å². The number of thiophene rings is 1. The second-order valence-electron chi connectivity index (χ2n) is 3.72. The molecule has 2 nitrogen and oxygen atoms in total. The van der Waals surface area contributed by atoms with Gasteiger partial charge in [-0.2, -0.15) is 0 Å². The number of hydrogen-bond donors (Lipinski definition) is 1. The lowest BCUT2D eigenvalue weighted by molar-refractivity contribution is 1.19. The predicted octanol–water partition coefficient (Wildman–Crippen LogP) is 3.85. The number of fused-ring (bicyclic) bond motifs is 1. The van der Waals surface area contributed by atoms with Crippen LogP contribution in [0.2, 0.25) is 0 Å². The molecule has 80 valence electrons. The van der Waals surface area contributed by atoms with E-state index in [1.807, 2.05) is 29.5 Å². The third-order valence-electron chi connectivity index (χ3n) is 2.63. The number of H-pyrrole nitrogens is 1. The van der Waals surface area contributed by atoms with E-state index in [4.69, 9.17) is 0 Å². The van der Waals surface area contributed by atoms with Gasteiger partial charge in [0.1, 0.15) is 5.82 Å². The summed E-state index contributed by atoms with van der Waals surface area (Å²) in [7, 11) is 0. The molecule has 0 radical (unpaired) electrons. The molecule has 3 rings (SSSR count). The SMILES string of the molecule is CCc1ccc(-c2nc3ccccc3[nH]2)s1. The Morgan fingerprint density at radius 3 is 2.81 bits per heavy atom. The molecule has 0 aliphatic rings. The third kappa shape index (κ3) is 1.53. The van der Waals surface area contributed by atoms with Gasteiger partial charge in [-0.05, 0) is 30.7 Å². The van der Waals surface area contributed by atoms with E-state index >= 15 is 0 Å². The number of aromatic amines is 1. The van der Waals surface area contributed by atoms with Crippen LogP contribution in [-0.2, 0) is 6.42 Å². The molecule has 0 aliphatic carbocycles. The molecule has 0 amide bonds. The summed E-state index contributed by atoms with van der Waals surface area (Å²) in [6.07, 6.45) is 1.09. The molecule has 0 spiro atoms. The first-order chi connectivity index (χ1) is 7.86. The van der Waals surface area contributed by atoms with Gasteiger partial charge in [0, 0.05) is 4.88 Å². The molecule has 0 aliphatic heterocycles. The molecule has 3 heteroatoms. The Morgan fingerprint density at radius 1 is 1.19 bits per heavy atom. The monoisotopic (exact) mass is 228 g/mol. The van der Waals surface area contributed by atoms with Crippen molar-refractivity contribution in [1.82, 2.24) is 9.97 Å². The Bertz CT molecular complexity index is 588. The number of hydrogen-bond acceptors (Lipinski definition) is 2. The van der Waals surface area contributed by atoms with Crippen molar-refractivity contribution in [3.8, 4) is 10.7 Å². The van der Waals surface area contributed by atoms with E-state index in [2.05, 4.69) is 35.1 Å². The van der Waals surface area contributed by atoms with Crippen LogP contribution in [0.25, 0.3) is 21.7 Å². The first kappa shape index (κ1) is 9.60. The van der Waals surface area contributed by atoms with Crippen LogP contribution in [0.1, 0.15) is 11.8 Å². The highest BCUT2D eigenvalue weighted by Crippen LogP contribution is 2.27. The molecule has 0 saturated heterocycles. The van der Waals surface area contributed by atoms with Crippen molar-refractivity contribution in [2.24, 2.45) is 0 Å². The lowest BCUT2D eigenvalue weighted by Gasteiger charge is -1.88. The summed E-state index contributed by atoms with van der Waals surface area (Å²) in [5, 5.41) is 0. The lowest BCUT2D eigenvalue weighted by Crippen LogP contribution is -1.72. The molecule has 0 atom stereocenters. The predicted molar refractivity (Wildman–Crippen MR) is 68.8 cm³/mol. The van der Waals surface area contributed by atoms with Crippen LogP contribution in [0.15, 0.2) is 36.4 Å². The first-order valence-electron chi connectivity index (χ1n) is 5.40. The van der Waals surface area contributed by atoms with Crippen molar-refractivity contribution in [3.05, 3.63) is 41.3 Å². The number of nitrogens with zero attached hydrogens (tertiary/aromatic N) is 1. The maximum Gasteiger partial charge on any atom is 0.148 e. The average Bonchev–Trinajstić information content (AvgIpc) is 2.95. The van der Waals surface area contributed by atoms with Crippen LogP contribution in [-0.4, -0.2) is 9.97 Å². The van der Waals surface area contributed by atoms with E-state index in [1.165, 1.54) is 9.75 Å². The summed E-state index contributed by atoms with van der Waals surface area (Å²) < 4.78 is 0. The van der Waals surface area contributed by atoms with Gasteiger partial charge in [0.25, 0.3) is 0 Å². The second-order valence-corrected chi connectivity index (χ2v) is 4.89. The highest BCUT2D eigenvalue weighted by Gasteiger charge is 2.06. The van der Waals surface area contributed by atoms with Crippen molar-refractivity contribution >= 4 is 22.4 Å². The van der Waals surface area contributed by atoms with Crippen LogP contribution < -0.4 is 0 Å². The fourth-order valence-corrected chi connectivity index (χ4v) is 2.66. The average molecular weight is 228 g/mol. The quantitative estimate of drug-likeness (QED) is 0.709. The summed E-state index contributed by atoms with van der Waals surface area (Å²) in [5.41, 5.74) is 2.13. The van der Waals surface area contributed by atoms with Crippen molar-refractivity contribution in [1.29, 1.82) is 0 Å². The van der Waals surface area contributed by atoms with Crippen LogP contribution in [0.5, 0.6) is 0 Å². The van der Waals surface area contributed by atoms with Gasteiger partial charge in [0.05, 0.1) is 15.9 Å². The standard InChI is InChI=1S/C13H12N2S/c1-2-9-7-8-12(16-9)13-14-10-5-3-4-6-11(10)15-13/h3-8H,2H2,1H3,(H,14,15). The molecule has 1 aromatic carbocycles. The fourth-order valence-electron chi connectivity index (χ4n) is 1.76. The van der Waals surface area contributed by atoms with Gasteiger partial charge in [-0.15, -0.1) is 11.3 Å². The van der Waals surface area contributed by atoms with E-state index in [0.717, 1.165) is 23.3 Å². The molecular weight excluding hydrogens is 216 g/mol. The van der Waals surface area contributed by atoms with E-state index in [-0.39, 0.29) is 0 Å². The Balaban J connectivity index is 2.11. The third-order valence-corrected chi connectivity index (χ3v) is 3.87. The molecule has 2 aromatic heterocycles. The summed E-state index contributed by atoms with van der Waals surface area (Å²) in [4.78, 5) is 10.5. The smallest absolute Gasteiger partial charge is 0.148 e. The topological polar surface area (TPSA) is 28.7 Å². The number of aromatic nitrogens is 2. The Labute approximate surface area is 98.0 Å². The molecule has 0 bridgehead atoms. The van der Waals surface area contributed by atoms with Crippen LogP contribution in [0.4, 0.5) is 0 Å². The molecule has 0 fully saturated rings. The summed E-state index contributed by atoms with van der Waals surface area (Å²) in [5.74, 6) is 0.978. The normalized spacial score (nSPS) is 11.1. The van der Waals surface area contributed by atoms with E-state index in [1.54, 1.807) is 0 Å². The minimum absolute atomic E-state index is 0.978. The minimum atomic E-state index is 0.978. The number of rotatable bonds is 2. The number of nitrogens with one attached hydrogen (secondary N) is 1. The zero-order chi connectivity index (χ0) is 11.0.